The predicted molar refractivity (Wildman–Crippen MR) is 45.7 cm³/mol. The highest BCUT2D eigenvalue weighted by Crippen LogP contribution is 2.17. The van der Waals surface area contributed by atoms with Gasteiger partial charge < -0.3 is 21.1 Å². The molecule has 6 nitrogen and oxygen atoms in total. The van der Waals surface area contributed by atoms with Gasteiger partial charge in [0.15, 0.2) is 0 Å². The van der Waals surface area contributed by atoms with E-state index in [0.29, 0.717) is 5.69 Å². The first-order valence-electron chi connectivity index (χ1n) is 3.93. The molecule has 0 radical (unpaired) electrons. The van der Waals surface area contributed by atoms with Gasteiger partial charge in [0.25, 0.3) is 0 Å². The Morgan fingerprint density at radius 2 is 2.23 bits per heavy atom. The summed E-state index contributed by atoms with van der Waals surface area (Å²) in [6, 6.07) is 1.44. The van der Waals surface area contributed by atoms with Crippen molar-refractivity contribution in [3.05, 3.63) is 11.8 Å². The number of nitrogens with two attached hydrogens (primary N) is 1. The van der Waals surface area contributed by atoms with Gasteiger partial charge in [-0.25, -0.2) is 0 Å². The van der Waals surface area contributed by atoms with Crippen LogP contribution >= 0.6 is 0 Å². The minimum Gasteiger partial charge on any atom is -0.396 e. The Morgan fingerprint density at radius 1 is 1.54 bits per heavy atom. The molecule has 1 aromatic heterocycles. The van der Waals surface area contributed by atoms with E-state index in [9.17, 15) is 10.2 Å². The second-order valence-corrected chi connectivity index (χ2v) is 2.77. The zero-order valence-electron chi connectivity index (χ0n) is 7.01. The van der Waals surface area contributed by atoms with Crippen molar-refractivity contribution in [2.45, 2.75) is 18.6 Å². The van der Waals surface area contributed by atoms with Gasteiger partial charge in [-0.1, -0.05) is 0 Å². The molecule has 2 atom stereocenters. The van der Waals surface area contributed by atoms with Crippen molar-refractivity contribution in [3.63, 3.8) is 0 Å². The molecule has 0 amide bonds. The SMILES string of the molecule is Nc1cc(C(O)C(O)CCO)[nH]n1. The number of aliphatic hydroxyl groups excluding tert-OH is 3. The van der Waals surface area contributed by atoms with Crippen LogP contribution in [-0.2, 0) is 0 Å². The molecular formula is C7H13N3O3. The lowest BCUT2D eigenvalue weighted by molar-refractivity contribution is 0.00190. The number of aliphatic hydroxyl groups is 3. The smallest absolute Gasteiger partial charge is 0.145 e. The number of nitrogen functional groups attached to an aromatic ring is 1. The van der Waals surface area contributed by atoms with Gasteiger partial charge in [-0.15, -0.1) is 0 Å². The number of aromatic nitrogens is 2. The molecule has 0 saturated carbocycles. The average molecular weight is 187 g/mol. The molecule has 74 valence electrons. The zero-order chi connectivity index (χ0) is 9.84. The predicted octanol–water partition coefficient (Wildman–Crippen LogP) is -1.23. The first-order chi connectivity index (χ1) is 6.15. The van der Waals surface area contributed by atoms with Crippen molar-refractivity contribution in [1.29, 1.82) is 0 Å². The standard InChI is InChI=1S/C7H13N3O3/c8-6-3-4(9-10-6)7(13)5(12)1-2-11/h3,5,7,11-13H,1-2H2,(H3,8,9,10). The Kier molecular flexibility index (Phi) is 3.24. The lowest BCUT2D eigenvalue weighted by Crippen LogP contribution is -2.19. The molecule has 6 N–H and O–H groups in total. The number of nitrogens with one attached hydrogen (secondary N) is 1. The summed E-state index contributed by atoms with van der Waals surface area (Å²) in [5.41, 5.74) is 5.65. The van der Waals surface area contributed by atoms with Crippen molar-refractivity contribution in [2.24, 2.45) is 0 Å². The highest BCUT2D eigenvalue weighted by molar-refractivity contribution is 5.29. The zero-order valence-corrected chi connectivity index (χ0v) is 7.01. The summed E-state index contributed by atoms with van der Waals surface area (Å²) in [5.74, 6) is 0.255. The van der Waals surface area contributed by atoms with Gasteiger partial charge in [0, 0.05) is 12.7 Å². The van der Waals surface area contributed by atoms with Crippen LogP contribution in [0.25, 0.3) is 0 Å². The van der Waals surface area contributed by atoms with E-state index in [0.717, 1.165) is 0 Å². The van der Waals surface area contributed by atoms with Crippen LogP contribution in [-0.4, -0.2) is 38.2 Å². The number of hydrogen-bond donors (Lipinski definition) is 5. The molecule has 0 aliphatic rings. The summed E-state index contributed by atoms with van der Waals surface area (Å²) < 4.78 is 0. The van der Waals surface area contributed by atoms with Crippen LogP contribution in [0.1, 0.15) is 18.2 Å². The monoisotopic (exact) mass is 187 g/mol. The van der Waals surface area contributed by atoms with Crippen LogP contribution in [0.2, 0.25) is 0 Å². The second kappa shape index (κ2) is 4.22. The Morgan fingerprint density at radius 3 is 2.69 bits per heavy atom. The quantitative estimate of drug-likeness (QED) is 0.404. The number of nitrogens with zero attached hydrogens (tertiary/aromatic N) is 1. The van der Waals surface area contributed by atoms with E-state index in [1.165, 1.54) is 6.07 Å². The second-order valence-electron chi connectivity index (χ2n) is 2.77. The number of rotatable bonds is 4. The van der Waals surface area contributed by atoms with Crippen LogP contribution in [0.3, 0.4) is 0 Å². The lowest BCUT2D eigenvalue weighted by atomic mass is 10.1. The maximum atomic E-state index is 9.45. The maximum Gasteiger partial charge on any atom is 0.145 e. The minimum atomic E-state index is -1.09. The average Bonchev–Trinajstić information content (AvgIpc) is 2.51. The van der Waals surface area contributed by atoms with E-state index >= 15 is 0 Å². The number of aromatic amines is 1. The number of H-pyrrole nitrogens is 1. The van der Waals surface area contributed by atoms with E-state index < -0.39 is 12.2 Å². The van der Waals surface area contributed by atoms with E-state index in [2.05, 4.69) is 10.2 Å². The summed E-state index contributed by atoms with van der Waals surface area (Å²) in [4.78, 5) is 0. The Balaban J connectivity index is 2.61. The summed E-state index contributed by atoms with van der Waals surface area (Å²) in [6.07, 6.45) is -1.98. The fourth-order valence-electron chi connectivity index (χ4n) is 1.00. The maximum absolute atomic E-state index is 9.45. The van der Waals surface area contributed by atoms with Crippen LogP contribution in [0.15, 0.2) is 6.07 Å². The van der Waals surface area contributed by atoms with Crippen molar-refractivity contribution in [3.8, 4) is 0 Å². The normalized spacial score (nSPS) is 15.6. The third-order valence-corrected chi connectivity index (χ3v) is 1.73. The summed E-state index contributed by atoms with van der Waals surface area (Å²) in [7, 11) is 0. The minimum absolute atomic E-state index is 0.111. The third-order valence-electron chi connectivity index (χ3n) is 1.73. The third kappa shape index (κ3) is 2.41. The number of anilines is 1. The van der Waals surface area contributed by atoms with E-state index in [-0.39, 0.29) is 18.8 Å². The Labute approximate surface area is 75.0 Å². The molecule has 0 aliphatic carbocycles. The van der Waals surface area contributed by atoms with Crippen molar-refractivity contribution >= 4 is 5.82 Å². The van der Waals surface area contributed by atoms with Gasteiger partial charge in [-0.2, -0.15) is 5.10 Å². The largest absolute Gasteiger partial charge is 0.396 e. The molecular weight excluding hydrogens is 174 g/mol. The van der Waals surface area contributed by atoms with Gasteiger partial charge in [0.05, 0.1) is 11.8 Å². The fourth-order valence-corrected chi connectivity index (χ4v) is 1.00. The van der Waals surface area contributed by atoms with Crippen molar-refractivity contribution < 1.29 is 15.3 Å². The fraction of sp³-hybridized carbons (Fsp3) is 0.571. The first kappa shape index (κ1) is 9.97. The van der Waals surface area contributed by atoms with E-state index in [1.807, 2.05) is 0 Å². The highest BCUT2D eigenvalue weighted by atomic mass is 16.3. The molecule has 1 heterocycles. The van der Waals surface area contributed by atoms with Crippen LogP contribution in [0.4, 0.5) is 5.82 Å². The molecule has 0 saturated heterocycles. The van der Waals surface area contributed by atoms with Gasteiger partial charge in [0.1, 0.15) is 11.9 Å². The number of hydrogen-bond acceptors (Lipinski definition) is 5. The molecule has 1 rings (SSSR count). The topological polar surface area (TPSA) is 115 Å². The molecule has 13 heavy (non-hydrogen) atoms. The highest BCUT2D eigenvalue weighted by Gasteiger charge is 2.19. The molecule has 0 bridgehead atoms. The van der Waals surface area contributed by atoms with Gasteiger partial charge in [0.2, 0.25) is 0 Å². The summed E-state index contributed by atoms with van der Waals surface area (Å²) in [5, 5.41) is 33.3. The molecule has 0 fully saturated rings. The van der Waals surface area contributed by atoms with Crippen molar-refractivity contribution in [2.75, 3.05) is 12.3 Å². The van der Waals surface area contributed by atoms with Gasteiger partial charge in [-0.05, 0) is 6.42 Å². The molecule has 6 heteroatoms. The lowest BCUT2D eigenvalue weighted by Gasteiger charge is -2.14. The summed E-state index contributed by atoms with van der Waals surface area (Å²) in [6.45, 7) is -0.179. The van der Waals surface area contributed by atoms with Crippen LogP contribution < -0.4 is 5.73 Å². The van der Waals surface area contributed by atoms with Crippen LogP contribution in [0.5, 0.6) is 0 Å². The summed E-state index contributed by atoms with van der Waals surface area (Å²) >= 11 is 0. The molecule has 2 unspecified atom stereocenters. The molecule has 0 spiro atoms. The van der Waals surface area contributed by atoms with Crippen molar-refractivity contribution in [1.82, 2.24) is 10.2 Å². The first-order valence-corrected chi connectivity index (χ1v) is 3.93. The van der Waals surface area contributed by atoms with Gasteiger partial charge >= 0.3 is 0 Å². The molecule has 1 aromatic rings. The van der Waals surface area contributed by atoms with E-state index in [1.54, 1.807) is 0 Å². The van der Waals surface area contributed by atoms with Gasteiger partial charge in [-0.3, -0.25) is 5.10 Å². The molecule has 0 aliphatic heterocycles. The van der Waals surface area contributed by atoms with Crippen LogP contribution in [0, 0.1) is 0 Å². The molecule has 0 aromatic carbocycles. The van der Waals surface area contributed by atoms with E-state index in [4.69, 9.17) is 10.8 Å². The Hall–Kier alpha value is -1.11. The Bertz CT molecular complexity index is 263.